The van der Waals surface area contributed by atoms with Crippen LogP contribution in [0.4, 0.5) is 4.79 Å². The molecule has 0 N–H and O–H groups in total. The standard InChI is InChI=1S/C27H40N4O4/c1-27(2,3)35-26(34)30-11-9-20(10-12-30)25(33)31-19-22-8-6-5-7-21(22)17-23(31)18-24(32)29-15-13-28(4)14-16-29/h5-8,20,23H,9-19H2,1-4H3/t23-/m1/s1. The van der Waals surface area contributed by atoms with Crippen LogP contribution >= 0.6 is 0 Å². The van der Waals surface area contributed by atoms with Crippen molar-refractivity contribution in [1.82, 2.24) is 19.6 Å². The van der Waals surface area contributed by atoms with Gasteiger partial charge in [0, 0.05) is 64.2 Å². The number of carbonyl (C=O) groups excluding carboxylic acids is 3. The number of amides is 3. The summed E-state index contributed by atoms with van der Waals surface area (Å²) in [6.45, 7) is 10.4. The molecule has 8 nitrogen and oxygen atoms in total. The summed E-state index contributed by atoms with van der Waals surface area (Å²) >= 11 is 0. The Hall–Kier alpha value is -2.61. The fraction of sp³-hybridized carbons (Fsp3) is 0.667. The number of rotatable bonds is 3. The van der Waals surface area contributed by atoms with Gasteiger partial charge in [0.25, 0.3) is 0 Å². The lowest BCUT2D eigenvalue weighted by molar-refractivity contribution is -0.143. The molecule has 3 aliphatic heterocycles. The molecule has 0 aromatic heterocycles. The first-order chi connectivity index (χ1) is 16.6. The first-order valence-electron chi connectivity index (χ1n) is 12.9. The number of hydrogen-bond donors (Lipinski definition) is 0. The Morgan fingerprint density at radius 3 is 2.17 bits per heavy atom. The van der Waals surface area contributed by atoms with Crippen molar-refractivity contribution in [2.45, 2.75) is 64.6 Å². The maximum atomic E-state index is 13.7. The van der Waals surface area contributed by atoms with E-state index in [4.69, 9.17) is 4.74 Å². The molecule has 0 saturated carbocycles. The Labute approximate surface area is 209 Å². The molecule has 192 valence electrons. The zero-order valence-corrected chi connectivity index (χ0v) is 21.7. The van der Waals surface area contributed by atoms with E-state index >= 15 is 0 Å². The number of likely N-dealkylation sites (tertiary alicyclic amines) is 1. The molecular weight excluding hydrogens is 444 g/mol. The second-order valence-corrected chi connectivity index (χ2v) is 11.2. The van der Waals surface area contributed by atoms with Gasteiger partial charge in [-0.15, -0.1) is 0 Å². The van der Waals surface area contributed by atoms with Gasteiger partial charge in [-0.05, 0) is 58.2 Å². The minimum Gasteiger partial charge on any atom is -0.444 e. The molecule has 0 unspecified atom stereocenters. The predicted molar refractivity (Wildman–Crippen MR) is 134 cm³/mol. The highest BCUT2D eigenvalue weighted by Gasteiger charge is 2.38. The van der Waals surface area contributed by atoms with Crippen LogP contribution in [0.3, 0.4) is 0 Å². The Kier molecular flexibility index (Phi) is 7.69. The Bertz CT molecular complexity index is 927. The van der Waals surface area contributed by atoms with Crippen molar-refractivity contribution in [3.8, 4) is 0 Å². The second kappa shape index (κ2) is 10.6. The first kappa shape index (κ1) is 25.5. The largest absolute Gasteiger partial charge is 0.444 e. The average Bonchev–Trinajstić information content (AvgIpc) is 2.82. The van der Waals surface area contributed by atoms with E-state index in [9.17, 15) is 14.4 Å². The summed E-state index contributed by atoms with van der Waals surface area (Å²) in [5.74, 6) is 0.111. The third kappa shape index (κ3) is 6.34. The second-order valence-electron chi connectivity index (χ2n) is 11.2. The van der Waals surface area contributed by atoms with Crippen LogP contribution < -0.4 is 0 Å². The van der Waals surface area contributed by atoms with E-state index in [1.165, 1.54) is 5.56 Å². The van der Waals surface area contributed by atoms with E-state index in [1.807, 2.05) is 42.7 Å². The number of piperazine rings is 1. The Morgan fingerprint density at radius 1 is 0.914 bits per heavy atom. The van der Waals surface area contributed by atoms with Gasteiger partial charge in [-0.3, -0.25) is 9.59 Å². The number of likely N-dealkylation sites (N-methyl/N-ethyl adjacent to an activating group) is 1. The van der Waals surface area contributed by atoms with E-state index in [1.54, 1.807) is 4.90 Å². The van der Waals surface area contributed by atoms with Gasteiger partial charge in [-0.1, -0.05) is 24.3 Å². The third-order valence-electron chi connectivity index (χ3n) is 7.40. The summed E-state index contributed by atoms with van der Waals surface area (Å²) < 4.78 is 5.50. The first-order valence-corrected chi connectivity index (χ1v) is 12.9. The molecule has 1 aromatic rings. The van der Waals surface area contributed by atoms with Crippen molar-refractivity contribution in [1.29, 1.82) is 0 Å². The maximum Gasteiger partial charge on any atom is 0.410 e. The summed E-state index contributed by atoms with van der Waals surface area (Å²) in [5.41, 5.74) is 1.86. The van der Waals surface area contributed by atoms with E-state index < -0.39 is 5.60 Å². The summed E-state index contributed by atoms with van der Waals surface area (Å²) in [7, 11) is 2.08. The minimum atomic E-state index is -0.533. The summed E-state index contributed by atoms with van der Waals surface area (Å²) in [4.78, 5) is 47.2. The quantitative estimate of drug-likeness (QED) is 0.660. The summed E-state index contributed by atoms with van der Waals surface area (Å²) in [5, 5.41) is 0. The van der Waals surface area contributed by atoms with Crippen molar-refractivity contribution < 1.29 is 19.1 Å². The van der Waals surface area contributed by atoms with Gasteiger partial charge in [0.15, 0.2) is 0 Å². The molecule has 0 aliphatic carbocycles. The highest BCUT2D eigenvalue weighted by atomic mass is 16.6. The van der Waals surface area contributed by atoms with Crippen LogP contribution in [-0.2, 0) is 27.3 Å². The van der Waals surface area contributed by atoms with Crippen molar-refractivity contribution in [2.75, 3.05) is 46.3 Å². The molecule has 35 heavy (non-hydrogen) atoms. The number of fused-ring (bicyclic) bond motifs is 1. The normalized spacial score (nSPS) is 22.1. The van der Waals surface area contributed by atoms with Crippen LogP contribution in [0.25, 0.3) is 0 Å². The number of benzene rings is 1. The Morgan fingerprint density at radius 2 is 1.54 bits per heavy atom. The molecule has 4 rings (SSSR count). The molecule has 0 radical (unpaired) electrons. The average molecular weight is 485 g/mol. The molecular formula is C27H40N4O4. The van der Waals surface area contributed by atoms with E-state index in [2.05, 4.69) is 24.1 Å². The lowest BCUT2D eigenvalue weighted by Gasteiger charge is -2.41. The van der Waals surface area contributed by atoms with Crippen molar-refractivity contribution >= 4 is 17.9 Å². The fourth-order valence-corrected chi connectivity index (χ4v) is 5.28. The van der Waals surface area contributed by atoms with Gasteiger partial charge in [0.05, 0.1) is 0 Å². The molecule has 1 atom stereocenters. The van der Waals surface area contributed by atoms with Gasteiger partial charge < -0.3 is 24.3 Å². The summed E-state index contributed by atoms with van der Waals surface area (Å²) in [6, 6.07) is 8.11. The molecule has 2 saturated heterocycles. The molecule has 8 heteroatoms. The molecule has 3 aliphatic rings. The van der Waals surface area contributed by atoms with Crippen LogP contribution in [0, 0.1) is 5.92 Å². The van der Waals surface area contributed by atoms with E-state index in [0.717, 1.165) is 31.7 Å². The van der Waals surface area contributed by atoms with Gasteiger partial charge in [-0.25, -0.2) is 4.79 Å². The summed E-state index contributed by atoms with van der Waals surface area (Å²) in [6.07, 6.45) is 1.99. The number of carbonyl (C=O) groups is 3. The maximum absolute atomic E-state index is 13.7. The molecule has 2 fully saturated rings. The lowest BCUT2D eigenvalue weighted by atomic mass is 9.88. The van der Waals surface area contributed by atoms with Crippen LogP contribution in [0.2, 0.25) is 0 Å². The number of hydrogen-bond acceptors (Lipinski definition) is 5. The molecule has 3 amide bonds. The van der Waals surface area contributed by atoms with Crippen LogP contribution in [0.15, 0.2) is 24.3 Å². The van der Waals surface area contributed by atoms with Crippen molar-refractivity contribution in [3.05, 3.63) is 35.4 Å². The molecule has 0 bridgehead atoms. The van der Waals surface area contributed by atoms with Gasteiger partial charge in [-0.2, -0.15) is 0 Å². The minimum absolute atomic E-state index is 0.111. The SMILES string of the molecule is CN1CCN(C(=O)C[C@H]2Cc3ccccc3CN2C(=O)C2CCN(C(=O)OC(C)(C)C)CC2)CC1. The third-order valence-corrected chi connectivity index (χ3v) is 7.40. The van der Waals surface area contributed by atoms with E-state index in [0.29, 0.717) is 45.3 Å². The van der Waals surface area contributed by atoms with Gasteiger partial charge in [0.2, 0.25) is 11.8 Å². The monoisotopic (exact) mass is 484 g/mol. The zero-order chi connectivity index (χ0) is 25.2. The number of piperidine rings is 1. The smallest absolute Gasteiger partial charge is 0.410 e. The number of nitrogens with zero attached hydrogens (tertiary/aromatic N) is 4. The zero-order valence-electron chi connectivity index (χ0n) is 21.7. The van der Waals surface area contributed by atoms with Crippen molar-refractivity contribution in [3.63, 3.8) is 0 Å². The fourth-order valence-electron chi connectivity index (χ4n) is 5.28. The van der Waals surface area contributed by atoms with E-state index in [-0.39, 0.29) is 29.9 Å². The molecule has 0 spiro atoms. The van der Waals surface area contributed by atoms with Gasteiger partial charge in [0.1, 0.15) is 5.60 Å². The number of ether oxygens (including phenoxy) is 1. The highest BCUT2D eigenvalue weighted by molar-refractivity contribution is 5.82. The van der Waals surface area contributed by atoms with Crippen LogP contribution in [0.1, 0.15) is 51.2 Å². The topological polar surface area (TPSA) is 73.4 Å². The highest BCUT2D eigenvalue weighted by Crippen LogP contribution is 2.30. The van der Waals surface area contributed by atoms with Crippen LogP contribution in [-0.4, -0.2) is 95.5 Å². The molecule has 3 heterocycles. The Balaban J connectivity index is 1.42. The van der Waals surface area contributed by atoms with Crippen LogP contribution in [0.5, 0.6) is 0 Å². The molecule has 1 aromatic carbocycles. The lowest BCUT2D eigenvalue weighted by Crippen LogP contribution is -2.53. The van der Waals surface area contributed by atoms with Gasteiger partial charge >= 0.3 is 6.09 Å². The predicted octanol–water partition coefficient (Wildman–Crippen LogP) is 2.75. The van der Waals surface area contributed by atoms with Crippen molar-refractivity contribution in [2.24, 2.45) is 5.92 Å².